The summed E-state index contributed by atoms with van der Waals surface area (Å²) in [6, 6.07) is 7.14. The number of aryl methyl sites for hydroxylation is 1. The van der Waals surface area contributed by atoms with E-state index in [-0.39, 0.29) is 42.2 Å². The fraction of sp³-hybridized carbons (Fsp3) is 0.500. The van der Waals surface area contributed by atoms with Gasteiger partial charge in [0.25, 0.3) is 0 Å². The lowest BCUT2D eigenvalue weighted by Gasteiger charge is -2.22. The van der Waals surface area contributed by atoms with Gasteiger partial charge >= 0.3 is 11.9 Å². The SMILES string of the molecule is Cc1ccc(C(=O)COC(=O)[C@@H]2[C@@H]3C[C@@H]4[C@@H]2C(=O)O[C@H]4C3)cc1. The van der Waals surface area contributed by atoms with Gasteiger partial charge < -0.3 is 9.47 Å². The van der Waals surface area contributed by atoms with Crippen molar-refractivity contribution in [2.24, 2.45) is 23.7 Å². The quantitative estimate of drug-likeness (QED) is 0.627. The van der Waals surface area contributed by atoms with Crippen molar-refractivity contribution < 1.29 is 23.9 Å². The van der Waals surface area contributed by atoms with E-state index in [0.29, 0.717) is 5.56 Å². The molecule has 2 saturated carbocycles. The minimum absolute atomic E-state index is 0.00394. The van der Waals surface area contributed by atoms with Crippen LogP contribution in [0.1, 0.15) is 28.8 Å². The van der Waals surface area contributed by atoms with Crippen molar-refractivity contribution in [2.45, 2.75) is 25.9 Å². The van der Waals surface area contributed by atoms with Crippen molar-refractivity contribution in [1.82, 2.24) is 0 Å². The van der Waals surface area contributed by atoms with Gasteiger partial charge in [0.05, 0.1) is 11.8 Å². The zero-order chi connectivity index (χ0) is 16.1. The number of hydrogen-bond donors (Lipinski definition) is 0. The van der Waals surface area contributed by atoms with Gasteiger partial charge in [0, 0.05) is 11.5 Å². The van der Waals surface area contributed by atoms with Gasteiger partial charge in [-0.05, 0) is 25.7 Å². The summed E-state index contributed by atoms with van der Waals surface area (Å²) in [6.45, 7) is 1.67. The Bertz CT molecular complexity index is 675. The Balaban J connectivity index is 1.40. The summed E-state index contributed by atoms with van der Waals surface area (Å²) in [7, 11) is 0. The monoisotopic (exact) mass is 314 g/mol. The molecule has 3 aliphatic rings. The Hall–Kier alpha value is -2.17. The van der Waals surface area contributed by atoms with Crippen LogP contribution in [-0.2, 0) is 19.1 Å². The number of ketones is 1. The molecule has 1 aromatic rings. The number of ether oxygens (including phenoxy) is 2. The number of Topliss-reactive ketones (excluding diaryl/α,β-unsaturated/α-hetero) is 1. The summed E-state index contributed by atoms with van der Waals surface area (Å²) in [4.78, 5) is 36.4. The van der Waals surface area contributed by atoms with Gasteiger partial charge in [-0.15, -0.1) is 0 Å². The van der Waals surface area contributed by atoms with Crippen molar-refractivity contribution in [3.63, 3.8) is 0 Å². The van der Waals surface area contributed by atoms with Gasteiger partial charge in [0.1, 0.15) is 6.10 Å². The molecule has 1 aromatic carbocycles. The molecule has 4 rings (SSSR count). The molecule has 0 N–H and O–H groups in total. The molecule has 0 unspecified atom stereocenters. The molecule has 1 heterocycles. The summed E-state index contributed by atoms with van der Waals surface area (Å²) < 4.78 is 10.5. The van der Waals surface area contributed by atoms with Crippen LogP contribution in [0.4, 0.5) is 0 Å². The zero-order valence-electron chi connectivity index (χ0n) is 12.9. The minimum atomic E-state index is -0.433. The molecule has 3 fully saturated rings. The molecule has 5 atom stereocenters. The normalized spacial score (nSPS) is 33.6. The van der Waals surface area contributed by atoms with Crippen molar-refractivity contribution in [3.8, 4) is 0 Å². The second-order valence-electron chi connectivity index (χ2n) is 6.82. The van der Waals surface area contributed by atoms with Crippen LogP contribution < -0.4 is 0 Å². The average Bonchev–Trinajstić information content (AvgIpc) is 3.14. The van der Waals surface area contributed by atoms with Gasteiger partial charge in [0.2, 0.25) is 0 Å². The number of fused-ring (bicyclic) bond motifs is 1. The van der Waals surface area contributed by atoms with Crippen molar-refractivity contribution in [2.75, 3.05) is 6.61 Å². The molecule has 0 spiro atoms. The third-order valence-corrected chi connectivity index (χ3v) is 5.47. The molecule has 2 bridgehead atoms. The number of benzene rings is 1. The van der Waals surface area contributed by atoms with Crippen LogP contribution in [0.15, 0.2) is 24.3 Å². The summed E-state index contributed by atoms with van der Waals surface area (Å²) in [6.07, 6.45) is 1.60. The molecular formula is C18H18O5. The first-order valence-corrected chi connectivity index (χ1v) is 8.01. The van der Waals surface area contributed by atoms with E-state index in [9.17, 15) is 14.4 Å². The summed E-state index contributed by atoms with van der Waals surface area (Å²) >= 11 is 0. The first-order valence-electron chi connectivity index (χ1n) is 8.01. The Morgan fingerprint density at radius 3 is 2.70 bits per heavy atom. The predicted molar refractivity (Wildman–Crippen MR) is 79.5 cm³/mol. The molecule has 0 radical (unpaired) electrons. The minimum Gasteiger partial charge on any atom is -0.462 e. The molecule has 1 aliphatic heterocycles. The lowest BCUT2D eigenvalue weighted by Crippen LogP contribution is -2.34. The molecule has 5 nitrogen and oxygen atoms in total. The van der Waals surface area contributed by atoms with Crippen LogP contribution in [0.5, 0.6) is 0 Å². The van der Waals surface area contributed by atoms with Gasteiger partial charge in [-0.25, -0.2) is 0 Å². The van der Waals surface area contributed by atoms with E-state index in [2.05, 4.69) is 0 Å². The van der Waals surface area contributed by atoms with Crippen molar-refractivity contribution in [3.05, 3.63) is 35.4 Å². The second-order valence-corrected chi connectivity index (χ2v) is 6.82. The van der Waals surface area contributed by atoms with E-state index >= 15 is 0 Å². The molecular weight excluding hydrogens is 296 g/mol. The van der Waals surface area contributed by atoms with Crippen LogP contribution in [0.3, 0.4) is 0 Å². The van der Waals surface area contributed by atoms with Crippen LogP contribution in [-0.4, -0.2) is 30.4 Å². The number of carbonyl (C=O) groups is 3. The van der Waals surface area contributed by atoms with Gasteiger partial charge in [-0.2, -0.15) is 0 Å². The molecule has 1 saturated heterocycles. The molecule has 120 valence electrons. The Labute approximate surface area is 134 Å². The van der Waals surface area contributed by atoms with Crippen molar-refractivity contribution in [1.29, 1.82) is 0 Å². The topological polar surface area (TPSA) is 69.7 Å². The molecule has 2 aliphatic carbocycles. The first kappa shape index (κ1) is 14.4. The number of esters is 2. The fourth-order valence-corrected chi connectivity index (χ4v) is 4.38. The van der Waals surface area contributed by atoms with E-state index in [1.165, 1.54) is 0 Å². The van der Waals surface area contributed by atoms with Crippen LogP contribution in [0.2, 0.25) is 0 Å². The highest BCUT2D eigenvalue weighted by Crippen LogP contribution is 2.57. The van der Waals surface area contributed by atoms with E-state index in [1.807, 2.05) is 19.1 Å². The fourth-order valence-electron chi connectivity index (χ4n) is 4.38. The highest BCUT2D eigenvalue weighted by molar-refractivity contribution is 5.98. The van der Waals surface area contributed by atoms with E-state index in [4.69, 9.17) is 9.47 Å². The maximum atomic E-state index is 12.4. The van der Waals surface area contributed by atoms with E-state index in [1.54, 1.807) is 12.1 Å². The highest BCUT2D eigenvalue weighted by Gasteiger charge is 2.64. The molecule has 0 aromatic heterocycles. The van der Waals surface area contributed by atoms with E-state index < -0.39 is 11.9 Å². The Morgan fingerprint density at radius 2 is 1.96 bits per heavy atom. The lowest BCUT2D eigenvalue weighted by molar-refractivity contribution is -0.154. The maximum absolute atomic E-state index is 12.4. The predicted octanol–water partition coefficient (Wildman–Crippen LogP) is 1.92. The number of carbonyl (C=O) groups excluding carboxylic acids is 3. The average molecular weight is 314 g/mol. The Morgan fingerprint density at radius 1 is 1.22 bits per heavy atom. The molecule has 23 heavy (non-hydrogen) atoms. The number of rotatable bonds is 4. The highest BCUT2D eigenvalue weighted by atomic mass is 16.6. The molecule has 0 amide bonds. The zero-order valence-corrected chi connectivity index (χ0v) is 12.9. The van der Waals surface area contributed by atoms with Crippen LogP contribution in [0.25, 0.3) is 0 Å². The van der Waals surface area contributed by atoms with Crippen molar-refractivity contribution >= 4 is 17.7 Å². The summed E-state index contributed by atoms with van der Waals surface area (Å²) in [5, 5.41) is 0. The second kappa shape index (κ2) is 5.18. The number of hydrogen-bond acceptors (Lipinski definition) is 5. The third-order valence-electron chi connectivity index (χ3n) is 5.47. The lowest BCUT2D eigenvalue weighted by atomic mass is 9.80. The largest absolute Gasteiger partial charge is 0.462 e. The summed E-state index contributed by atoms with van der Waals surface area (Å²) in [5.74, 6) is -1.40. The maximum Gasteiger partial charge on any atom is 0.310 e. The molecule has 5 heteroatoms. The first-order chi connectivity index (χ1) is 11.0. The smallest absolute Gasteiger partial charge is 0.310 e. The van der Waals surface area contributed by atoms with Gasteiger partial charge in [-0.3, -0.25) is 14.4 Å². The van der Waals surface area contributed by atoms with Crippen LogP contribution in [0, 0.1) is 30.6 Å². The van der Waals surface area contributed by atoms with Gasteiger partial charge in [-0.1, -0.05) is 29.8 Å². The van der Waals surface area contributed by atoms with E-state index in [0.717, 1.165) is 18.4 Å². The third kappa shape index (κ3) is 2.26. The Kier molecular flexibility index (Phi) is 3.25. The van der Waals surface area contributed by atoms with Crippen LogP contribution >= 0.6 is 0 Å². The summed E-state index contributed by atoms with van der Waals surface area (Å²) in [5.41, 5.74) is 1.59. The standard InChI is InChI=1S/C18H18O5/c1-9-2-4-10(5-3-9)13(19)8-22-17(20)15-11-6-12-14(7-11)23-18(21)16(12)15/h2-5,11-12,14-16H,6-8H2,1H3/t11-,12+,14+,15-,16+/m1/s1. The van der Waals surface area contributed by atoms with Gasteiger partial charge in [0.15, 0.2) is 12.4 Å².